The number of rotatable bonds is 6. The monoisotopic (exact) mass is 494 g/mol. The third kappa shape index (κ3) is 6.16. The summed E-state index contributed by atoms with van der Waals surface area (Å²) in [6.07, 6.45) is 3.76. The molecule has 194 valence electrons. The van der Waals surface area contributed by atoms with Gasteiger partial charge >= 0.3 is 11.8 Å². The van der Waals surface area contributed by atoms with Crippen molar-refractivity contribution in [1.82, 2.24) is 10.2 Å². The molecule has 1 aromatic heterocycles. The molecule has 8 heteroatoms. The van der Waals surface area contributed by atoms with Crippen LogP contribution >= 0.6 is 0 Å². The van der Waals surface area contributed by atoms with Crippen LogP contribution in [0.2, 0.25) is 0 Å². The van der Waals surface area contributed by atoms with E-state index in [9.17, 15) is 14.4 Å². The minimum absolute atomic E-state index is 0.0678. The first-order valence-corrected chi connectivity index (χ1v) is 13.0. The van der Waals surface area contributed by atoms with Crippen LogP contribution in [0.4, 0.5) is 11.4 Å². The van der Waals surface area contributed by atoms with Gasteiger partial charge in [0.25, 0.3) is 0 Å². The Bertz CT molecular complexity index is 1110. The van der Waals surface area contributed by atoms with E-state index < -0.39 is 11.8 Å². The van der Waals surface area contributed by atoms with Crippen LogP contribution in [0.1, 0.15) is 55.8 Å². The average Bonchev–Trinajstić information content (AvgIpc) is 3.18. The van der Waals surface area contributed by atoms with Crippen molar-refractivity contribution >= 4 is 29.1 Å². The Morgan fingerprint density at radius 3 is 2.47 bits per heavy atom. The molecule has 2 aliphatic rings. The number of benzene rings is 1. The third-order valence-corrected chi connectivity index (χ3v) is 7.22. The maximum atomic E-state index is 12.6. The molecule has 0 radical (unpaired) electrons. The molecule has 0 aliphatic carbocycles. The quantitative estimate of drug-likeness (QED) is 0.596. The fourth-order valence-corrected chi connectivity index (χ4v) is 5.13. The molecule has 1 fully saturated rings. The summed E-state index contributed by atoms with van der Waals surface area (Å²) in [6.45, 7) is 11.7. The van der Waals surface area contributed by atoms with Gasteiger partial charge in [-0.05, 0) is 82.3 Å². The number of amides is 3. The van der Waals surface area contributed by atoms with Crippen LogP contribution in [0.5, 0.6) is 0 Å². The largest absolute Gasteiger partial charge is 0.466 e. The lowest BCUT2D eigenvalue weighted by Crippen LogP contribution is -2.41. The number of fused-ring (bicyclic) bond motifs is 1. The number of likely N-dealkylation sites (tertiary alicyclic amines) is 1. The van der Waals surface area contributed by atoms with Crippen LogP contribution in [0.25, 0.3) is 0 Å². The number of hydrogen-bond acceptors (Lipinski definition) is 5. The predicted octanol–water partition coefficient (Wildman–Crippen LogP) is 3.80. The number of carbonyl (C=O) groups excluding carboxylic acids is 3. The zero-order chi connectivity index (χ0) is 25.8. The number of aryl methyl sites for hydroxylation is 3. The van der Waals surface area contributed by atoms with Crippen molar-refractivity contribution in [3.8, 4) is 0 Å². The highest BCUT2D eigenvalue weighted by molar-refractivity contribution is 6.39. The first-order chi connectivity index (χ1) is 17.2. The highest BCUT2D eigenvalue weighted by atomic mass is 16.3. The van der Waals surface area contributed by atoms with Gasteiger partial charge in [0, 0.05) is 42.5 Å². The molecule has 36 heavy (non-hydrogen) atoms. The summed E-state index contributed by atoms with van der Waals surface area (Å²) in [7, 11) is 0. The Balaban J connectivity index is 1.25. The molecule has 8 nitrogen and oxygen atoms in total. The first-order valence-electron chi connectivity index (χ1n) is 13.0. The summed E-state index contributed by atoms with van der Waals surface area (Å²) in [4.78, 5) is 41.9. The molecule has 4 rings (SSSR count). The van der Waals surface area contributed by atoms with Gasteiger partial charge in [-0.2, -0.15) is 0 Å². The van der Waals surface area contributed by atoms with E-state index in [1.807, 2.05) is 33.8 Å². The third-order valence-electron chi connectivity index (χ3n) is 7.22. The second kappa shape index (κ2) is 11.3. The van der Waals surface area contributed by atoms with Crippen LogP contribution in [0.3, 0.4) is 0 Å². The summed E-state index contributed by atoms with van der Waals surface area (Å²) in [5.74, 6) is 0.917. The van der Waals surface area contributed by atoms with E-state index in [0.717, 1.165) is 68.1 Å². The molecule has 0 atom stereocenters. The van der Waals surface area contributed by atoms with Crippen LogP contribution in [-0.2, 0) is 27.3 Å². The van der Waals surface area contributed by atoms with Crippen molar-refractivity contribution in [1.29, 1.82) is 0 Å². The van der Waals surface area contributed by atoms with Gasteiger partial charge in [0.15, 0.2) is 0 Å². The Labute approximate surface area is 213 Å². The molecule has 0 saturated carbocycles. The summed E-state index contributed by atoms with van der Waals surface area (Å²) in [5, 5.41) is 5.51. The van der Waals surface area contributed by atoms with E-state index in [-0.39, 0.29) is 11.8 Å². The molecule has 2 N–H and O–H groups in total. The number of anilines is 2. The second-order valence-electron chi connectivity index (χ2n) is 10.4. The van der Waals surface area contributed by atoms with Crippen LogP contribution < -0.4 is 15.5 Å². The molecule has 0 bridgehead atoms. The van der Waals surface area contributed by atoms with Gasteiger partial charge in [0.2, 0.25) is 5.91 Å². The van der Waals surface area contributed by atoms with Gasteiger partial charge in [-0.1, -0.05) is 19.9 Å². The summed E-state index contributed by atoms with van der Waals surface area (Å²) in [5.41, 5.74) is 3.66. The number of carbonyl (C=O) groups is 3. The Hall–Kier alpha value is -3.13. The molecule has 2 aliphatic heterocycles. The van der Waals surface area contributed by atoms with E-state index in [2.05, 4.69) is 21.6 Å². The molecule has 0 spiro atoms. The summed E-state index contributed by atoms with van der Waals surface area (Å²) < 4.78 is 5.63. The van der Waals surface area contributed by atoms with Gasteiger partial charge in [0.05, 0.1) is 0 Å². The maximum absolute atomic E-state index is 12.6. The van der Waals surface area contributed by atoms with Crippen LogP contribution in [-0.4, -0.2) is 48.8 Å². The maximum Gasteiger partial charge on any atom is 0.313 e. The lowest BCUT2D eigenvalue weighted by Gasteiger charge is -2.32. The standard InChI is InChI=1S/C28H38N4O4/c1-18(2)28(35)32-11-5-6-22-7-8-24(15-25(22)32)30-27(34)26(33)29-16-21-9-12-31(13-10-21)17-23-14-19(3)36-20(23)4/h7-8,14-15,18,21H,5-6,9-13,16-17H2,1-4H3,(H,29,33)(H,30,34). The SMILES string of the molecule is Cc1cc(CN2CCC(CNC(=O)C(=O)Nc3ccc4c(c3)N(C(=O)C(C)C)CCC4)CC2)c(C)o1. The highest BCUT2D eigenvalue weighted by Crippen LogP contribution is 2.31. The molecule has 1 saturated heterocycles. The smallest absolute Gasteiger partial charge is 0.313 e. The zero-order valence-electron chi connectivity index (χ0n) is 21.9. The van der Waals surface area contributed by atoms with Crippen molar-refractivity contribution in [3.05, 3.63) is 46.9 Å². The van der Waals surface area contributed by atoms with Gasteiger partial charge in [0.1, 0.15) is 11.5 Å². The predicted molar refractivity (Wildman–Crippen MR) is 140 cm³/mol. The Morgan fingerprint density at radius 1 is 1.06 bits per heavy atom. The number of nitrogens with zero attached hydrogens (tertiary/aromatic N) is 2. The van der Waals surface area contributed by atoms with Gasteiger partial charge < -0.3 is 20.0 Å². The van der Waals surface area contributed by atoms with Crippen LogP contribution in [0, 0.1) is 25.7 Å². The van der Waals surface area contributed by atoms with E-state index in [1.54, 1.807) is 17.0 Å². The number of nitrogens with one attached hydrogen (secondary N) is 2. The van der Waals surface area contributed by atoms with Gasteiger partial charge in [-0.3, -0.25) is 19.3 Å². The number of furan rings is 1. The van der Waals surface area contributed by atoms with Gasteiger partial charge in [-0.15, -0.1) is 0 Å². The number of piperidine rings is 1. The molecule has 1 aromatic carbocycles. The average molecular weight is 495 g/mol. The molecule has 3 heterocycles. The second-order valence-corrected chi connectivity index (χ2v) is 10.4. The zero-order valence-corrected chi connectivity index (χ0v) is 21.9. The summed E-state index contributed by atoms with van der Waals surface area (Å²) in [6, 6.07) is 7.64. The minimum Gasteiger partial charge on any atom is -0.466 e. The van der Waals surface area contributed by atoms with Crippen molar-refractivity contribution in [2.24, 2.45) is 11.8 Å². The highest BCUT2D eigenvalue weighted by Gasteiger charge is 2.26. The van der Waals surface area contributed by atoms with Crippen molar-refractivity contribution in [2.45, 2.75) is 59.9 Å². The summed E-state index contributed by atoms with van der Waals surface area (Å²) >= 11 is 0. The van der Waals surface area contributed by atoms with Crippen LogP contribution in [0.15, 0.2) is 28.7 Å². The van der Waals surface area contributed by atoms with Crippen molar-refractivity contribution in [2.75, 3.05) is 36.4 Å². The van der Waals surface area contributed by atoms with Crippen molar-refractivity contribution in [3.63, 3.8) is 0 Å². The van der Waals surface area contributed by atoms with Gasteiger partial charge in [-0.25, -0.2) is 0 Å². The van der Waals surface area contributed by atoms with Crippen molar-refractivity contribution < 1.29 is 18.8 Å². The van der Waals surface area contributed by atoms with E-state index in [0.29, 0.717) is 24.7 Å². The lowest BCUT2D eigenvalue weighted by molar-refractivity contribution is -0.136. The molecule has 2 aromatic rings. The van der Waals surface area contributed by atoms with E-state index in [1.165, 1.54) is 5.56 Å². The molecular weight excluding hydrogens is 456 g/mol. The molecule has 0 unspecified atom stereocenters. The Kier molecular flexibility index (Phi) is 8.14. The molecular formula is C28H38N4O4. The lowest BCUT2D eigenvalue weighted by atomic mass is 9.96. The fraction of sp³-hybridized carbons (Fsp3) is 0.536. The van der Waals surface area contributed by atoms with E-state index >= 15 is 0 Å². The first kappa shape index (κ1) is 25.9. The Morgan fingerprint density at radius 2 is 1.81 bits per heavy atom. The fourth-order valence-electron chi connectivity index (χ4n) is 5.13. The molecule has 3 amide bonds. The number of hydrogen-bond donors (Lipinski definition) is 2. The normalized spacial score (nSPS) is 16.6. The van der Waals surface area contributed by atoms with E-state index in [4.69, 9.17) is 4.42 Å². The minimum atomic E-state index is -0.685. The topological polar surface area (TPSA) is 94.9 Å².